The molecule has 1 amide bonds. The first-order chi connectivity index (χ1) is 15.5. The predicted octanol–water partition coefficient (Wildman–Crippen LogP) is 5.09. The molecule has 0 saturated carbocycles. The van der Waals surface area contributed by atoms with Crippen LogP contribution in [0, 0.1) is 0 Å². The number of fused-ring (bicyclic) bond motifs is 1. The third-order valence-corrected chi connectivity index (χ3v) is 5.49. The molecule has 0 unspecified atom stereocenters. The molecule has 0 aliphatic heterocycles. The first-order valence-electron chi connectivity index (χ1n) is 10.3. The molecule has 0 fully saturated rings. The van der Waals surface area contributed by atoms with Crippen LogP contribution in [0.25, 0.3) is 10.9 Å². The Hall–Kier alpha value is -3.70. The van der Waals surface area contributed by atoms with Crippen molar-refractivity contribution < 1.29 is 9.59 Å². The number of hydrogen-bond acceptors (Lipinski definition) is 3. The molecule has 32 heavy (non-hydrogen) atoms. The van der Waals surface area contributed by atoms with Gasteiger partial charge in [-0.05, 0) is 42.3 Å². The van der Waals surface area contributed by atoms with Crippen LogP contribution in [0.5, 0.6) is 0 Å². The van der Waals surface area contributed by atoms with Gasteiger partial charge in [0, 0.05) is 27.9 Å². The van der Waals surface area contributed by atoms with Gasteiger partial charge < -0.3 is 9.88 Å². The Morgan fingerprint density at radius 3 is 2.47 bits per heavy atom. The van der Waals surface area contributed by atoms with E-state index in [4.69, 9.17) is 11.6 Å². The number of ketones is 1. The van der Waals surface area contributed by atoms with E-state index >= 15 is 0 Å². The largest absolute Gasteiger partial charge is 0.337 e. The summed E-state index contributed by atoms with van der Waals surface area (Å²) in [6.45, 7) is 1.93. The summed E-state index contributed by atoms with van der Waals surface area (Å²) in [5, 5.41) is 3.74. The van der Waals surface area contributed by atoms with Crippen LogP contribution in [0.4, 0.5) is 5.69 Å². The molecule has 0 bridgehead atoms. The van der Waals surface area contributed by atoms with Gasteiger partial charge in [-0.15, -0.1) is 0 Å². The second-order valence-corrected chi connectivity index (χ2v) is 7.89. The summed E-state index contributed by atoms with van der Waals surface area (Å²) in [5.41, 5.74) is 2.27. The highest BCUT2D eigenvalue weighted by atomic mass is 35.5. The lowest BCUT2D eigenvalue weighted by Gasteiger charge is -2.14. The fourth-order valence-electron chi connectivity index (χ4n) is 3.62. The number of amides is 1. The molecule has 0 atom stereocenters. The lowest BCUT2D eigenvalue weighted by molar-refractivity contribution is -0.116. The topological polar surface area (TPSA) is 68.2 Å². The molecule has 0 saturated heterocycles. The SMILES string of the molecule is CCc1ccc2c(c1)c(=O)c(C(=O)c1ccccc1)cn2CC(=O)Nc1cccc(Cl)c1. The average Bonchev–Trinajstić information content (AvgIpc) is 2.80. The minimum absolute atomic E-state index is 0.0347. The average molecular weight is 445 g/mol. The fourth-order valence-corrected chi connectivity index (χ4v) is 3.81. The number of nitrogens with one attached hydrogen (secondary N) is 1. The summed E-state index contributed by atoms with van der Waals surface area (Å²) in [6, 6.07) is 21.1. The van der Waals surface area contributed by atoms with Gasteiger partial charge in [-0.1, -0.05) is 61.0 Å². The van der Waals surface area contributed by atoms with Crippen LogP contribution >= 0.6 is 11.6 Å². The molecule has 4 aromatic rings. The van der Waals surface area contributed by atoms with E-state index in [0.29, 0.717) is 27.2 Å². The number of aryl methyl sites for hydroxylation is 1. The van der Waals surface area contributed by atoms with Crippen LogP contribution in [0.2, 0.25) is 5.02 Å². The van der Waals surface area contributed by atoms with Gasteiger partial charge in [-0.2, -0.15) is 0 Å². The van der Waals surface area contributed by atoms with Crippen LogP contribution in [-0.2, 0) is 17.8 Å². The highest BCUT2D eigenvalue weighted by Gasteiger charge is 2.18. The molecule has 0 aliphatic rings. The van der Waals surface area contributed by atoms with E-state index in [9.17, 15) is 14.4 Å². The predicted molar refractivity (Wildman–Crippen MR) is 128 cm³/mol. The van der Waals surface area contributed by atoms with Gasteiger partial charge in [-0.3, -0.25) is 14.4 Å². The van der Waals surface area contributed by atoms with Crippen molar-refractivity contribution in [3.8, 4) is 0 Å². The summed E-state index contributed by atoms with van der Waals surface area (Å²) < 4.78 is 1.65. The molecular formula is C26H21ClN2O3. The molecule has 1 N–H and O–H groups in total. The lowest BCUT2D eigenvalue weighted by atomic mass is 10.0. The van der Waals surface area contributed by atoms with Gasteiger partial charge in [0.2, 0.25) is 11.3 Å². The number of anilines is 1. The minimum atomic E-state index is -0.372. The number of carbonyl (C=O) groups is 2. The number of hydrogen-bond donors (Lipinski definition) is 1. The first kappa shape index (κ1) is 21.5. The molecule has 1 heterocycles. The zero-order chi connectivity index (χ0) is 22.7. The lowest BCUT2D eigenvalue weighted by Crippen LogP contribution is -2.24. The van der Waals surface area contributed by atoms with Gasteiger partial charge in [0.25, 0.3) is 0 Å². The minimum Gasteiger partial charge on any atom is -0.337 e. The Balaban J connectivity index is 1.78. The number of benzene rings is 3. The molecule has 0 spiro atoms. The van der Waals surface area contributed by atoms with Gasteiger partial charge in [0.15, 0.2) is 5.78 Å². The number of halogens is 1. The number of pyridine rings is 1. The van der Waals surface area contributed by atoms with Gasteiger partial charge in [-0.25, -0.2) is 0 Å². The highest BCUT2D eigenvalue weighted by molar-refractivity contribution is 6.30. The summed E-state index contributed by atoms with van der Waals surface area (Å²) >= 11 is 6.00. The van der Waals surface area contributed by atoms with Gasteiger partial charge in [0.1, 0.15) is 6.54 Å². The maximum Gasteiger partial charge on any atom is 0.244 e. The summed E-state index contributed by atoms with van der Waals surface area (Å²) in [4.78, 5) is 39.1. The number of rotatable bonds is 6. The molecule has 160 valence electrons. The molecule has 5 nitrogen and oxygen atoms in total. The van der Waals surface area contributed by atoms with Crippen molar-refractivity contribution >= 4 is 39.9 Å². The second-order valence-electron chi connectivity index (χ2n) is 7.46. The molecule has 0 radical (unpaired) electrons. The van der Waals surface area contributed by atoms with Crippen molar-refractivity contribution in [3.05, 3.63) is 111 Å². The monoisotopic (exact) mass is 444 g/mol. The summed E-state index contributed by atoms with van der Waals surface area (Å²) in [7, 11) is 0. The number of aromatic nitrogens is 1. The third-order valence-electron chi connectivity index (χ3n) is 5.26. The van der Waals surface area contributed by atoms with Crippen molar-refractivity contribution in [1.82, 2.24) is 4.57 Å². The van der Waals surface area contributed by atoms with E-state index in [1.807, 2.05) is 25.1 Å². The Kier molecular flexibility index (Phi) is 6.19. The smallest absolute Gasteiger partial charge is 0.244 e. The zero-order valence-electron chi connectivity index (χ0n) is 17.5. The molecule has 0 aliphatic carbocycles. The van der Waals surface area contributed by atoms with Crippen LogP contribution in [0.1, 0.15) is 28.4 Å². The van der Waals surface area contributed by atoms with Crippen LogP contribution in [0.15, 0.2) is 83.8 Å². The van der Waals surface area contributed by atoms with E-state index in [-0.39, 0.29) is 29.2 Å². The van der Waals surface area contributed by atoms with E-state index in [1.54, 1.807) is 59.2 Å². The standard InChI is InChI=1S/C26H21ClN2O3/c1-2-17-11-12-23-21(13-17)26(32)22(25(31)18-7-4-3-5-8-18)15-29(23)16-24(30)28-20-10-6-9-19(27)14-20/h3-15H,2,16H2,1H3,(H,28,30). The van der Waals surface area contributed by atoms with E-state index in [2.05, 4.69) is 5.32 Å². The van der Waals surface area contributed by atoms with Crippen molar-refractivity contribution in [3.63, 3.8) is 0 Å². The van der Waals surface area contributed by atoms with E-state index < -0.39 is 0 Å². The first-order valence-corrected chi connectivity index (χ1v) is 10.7. The van der Waals surface area contributed by atoms with E-state index in [0.717, 1.165) is 12.0 Å². The van der Waals surface area contributed by atoms with Gasteiger partial charge in [0.05, 0.1) is 11.1 Å². The third kappa shape index (κ3) is 4.48. The van der Waals surface area contributed by atoms with E-state index in [1.165, 1.54) is 6.20 Å². The fraction of sp³-hybridized carbons (Fsp3) is 0.115. The van der Waals surface area contributed by atoms with Crippen LogP contribution in [-0.4, -0.2) is 16.3 Å². The van der Waals surface area contributed by atoms with Crippen LogP contribution in [0.3, 0.4) is 0 Å². The molecule has 6 heteroatoms. The Morgan fingerprint density at radius 1 is 0.969 bits per heavy atom. The number of carbonyl (C=O) groups excluding carboxylic acids is 2. The molecular weight excluding hydrogens is 424 g/mol. The summed E-state index contributed by atoms with van der Waals surface area (Å²) in [5.74, 6) is -0.668. The second kappa shape index (κ2) is 9.20. The Bertz CT molecular complexity index is 1380. The van der Waals surface area contributed by atoms with Gasteiger partial charge >= 0.3 is 0 Å². The van der Waals surface area contributed by atoms with Crippen molar-refractivity contribution in [2.45, 2.75) is 19.9 Å². The maximum absolute atomic E-state index is 13.2. The summed E-state index contributed by atoms with van der Waals surface area (Å²) in [6.07, 6.45) is 2.23. The van der Waals surface area contributed by atoms with Crippen molar-refractivity contribution in [2.75, 3.05) is 5.32 Å². The van der Waals surface area contributed by atoms with Crippen molar-refractivity contribution in [2.24, 2.45) is 0 Å². The molecule has 4 rings (SSSR count). The molecule has 1 aromatic heterocycles. The highest BCUT2D eigenvalue weighted by Crippen LogP contribution is 2.18. The van der Waals surface area contributed by atoms with Crippen LogP contribution < -0.4 is 10.7 Å². The zero-order valence-corrected chi connectivity index (χ0v) is 18.2. The Labute approximate surface area is 190 Å². The van der Waals surface area contributed by atoms with Crippen molar-refractivity contribution in [1.29, 1.82) is 0 Å². The quantitative estimate of drug-likeness (QED) is 0.421. The normalized spacial score (nSPS) is 10.8. The molecule has 3 aromatic carbocycles. The Morgan fingerprint density at radius 2 is 1.75 bits per heavy atom. The number of nitrogens with zero attached hydrogens (tertiary/aromatic N) is 1. The maximum atomic E-state index is 13.2.